The Labute approximate surface area is 140 Å². The summed E-state index contributed by atoms with van der Waals surface area (Å²) in [4.78, 5) is 20.8. The van der Waals surface area contributed by atoms with Crippen LogP contribution in [0.4, 0.5) is 4.39 Å². The summed E-state index contributed by atoms with van der Waals surface area (Å²) in [6.07, 6.45) is 1.61. The minimum absolute atomic E-state index is 0.123. The standard InChI is InChI=1S/C17H21FN4O2/c1-2-15-19-16(24-20-15)12-21-7-4-8-22(10-9-21)17(23)13-5-3-6-14(18)11-13/h3,5-6,11H,2,4,7-10,12H2,1H3. The fourth-order valence-corrected chi connectivity index (χ4v) is 2.83. The molecule has 1 saturated heterocycles. The van der Waals surface area contributed by atoms with Crippen LogP contribution in [-0.2, 0) is 13.0 Å². The van der Waals surface area contributed by atoms with Crippen molar-refractivity contribution in [1.29, 1.82) is 0 Å². The second kappa shape index (κ2) is 7.53. The van der Waals surface area contributed by atoms with Gasteiger partial charge in [0.05, 0.1) is 6.54 Å². The maximum Gasteiger partial charge on any atom is 0.254 e. The van der Waals surface area contributed by atoms with Gasteiger partial charge in [0, 0.05) is 38.2 Å². The first-order valence-electron chi connectivity index (χ1n) is 8.24. The highest BCUT2D eigenvalue weighted by Gasteiger charge is 2.21. The molecule has 0 radical (unpaired) electrons. The zero-order chi connectivity index (χ0) is 16.9. The van der Waals surface area contributed by atoms with Crippen LogP contribution in [0, 0.1) is 5.82 Å². The number of amides is 1. The first-order chi connectivity index (χ1) is 11.7. The maximum atomic E-state index is 13.3. The second-order valence-electron chi connectivity index (χ2n) is 5.89. The molecular formula is C17H21FN4O2. The highest BCUT2D eigenvalue weighted by atomic mass is 19.1. The molecule has 24 heavy (non-hydrogen) atoms. The summed E-state index contributed by atoms with van der Waals surface area (Å²) < 4.78 is 18.5. The molecule has 0 spiro atoms. The highest BCUT2D eigenvalue weighted by molar-refractivity contribution is 5.94. The van der Waals surface area contributed by atoms with Crippen LogP contribution in [0.25, 0.3) is 0 Å². The topological polar surface area (TPSA) is 62.5 Å². The molecule has 2 heterocycles. The fourth-order valence-electron chi connectivity index (χ4n) is 2.83. The van der Waals surface area contributed by atoms with Gasteiger partial charge in [0.25, 0.3) is 5.91 Å². The van der Waals surface area contributed by atoms with Gasteiger partial charge in [0.1, 0.15) is 5.82 Å². The van der Waals surface area contributed by atoms with Gasteiger partial charge in [0.2, 0.25) is 5.89 Å². The Morgan fingerprint density at radius 3 is 2.92 bits per heavy atom. The summed E-state index contributed by atoms with van der Waals surface area (Å²) >= 11 is 0. The number of benzene rings is 1. The normalized spacial score (nSPS) is 16.2. The number of hydrogen-bond donors (Lipinski definition) is 0. The minimum Gasteiger partial charge on any atom is -0.338 e. The molecular weight excluding hydrogens is 311 g/mol. The van der Waals surface area contributed by atoms with Gasteiger partial charge in [0.15, 0.2) is 5.82 Å². The van der Waals surface area contributed by atoms with Crippen LogP contribution in [0.1, 0.15) is 35.4 Å². The Morgan fingerprint density at radius 2 is 2.17 bits per heavy atom. The van der Waals surface area contributed by atoms with Crippen molar-refractivity contribution >= 4 is 5.91 Å². The second-order valence-corrected chi connectivity index (χ2v) is 5.89. The molecule has 7 heteroatoms. The molecule has 0 aliphatic carbocycles. The number of carbonyl (C=O) groups excluding carboxylic acids is 1. The summed E-state index contributed by atoms with van der Waals surface area (Å²) in [5, 5.41) is 3.90. The van der Waals surface area contributed by atoms with Gasteiger partial charge in [-0.1, -0.05) is 18.1 Å². The smallest absolute Gasteiger partial charge is 0.254 e. The minimum atomic E-state index is -0.388. The molecule has 1 amide bonds. The number of aromatic nitrogens is 2. The Bertz CT molecular complexity index is 703. The maximum absolute atomic E-state index is 13.3. The van der Waals surface area contributed by atoms with Crippen LogP contribution >= 0.6 is 0 Å². The molecule has 2 aromatic rings. The van der Waals surface area contributed by atoms with E-state index in [1.807, 2.05) is 6.92 Å². The van der Waals surface area contributed by atoms with E-state index in [0.29, 0.717) is 36.9 Å². The third-order valence-corrected chi connectivity index (χ3v) is 4.13. The Kier molecular flexibility index (Phi) is 5.20. The Hall–Kier alpha value is -2.28. The van der Waals surface area contributed by atoms with Crippen molar-refractivity contribution in [3.05, 3.63) is 47.4 Å². The van der Waals surface area contributed by atoms with Gasteiger partial charge in [-0.05, 0) is 24.6 Å². The fraction of sp³-hybridized carbons (Fsp3) is 0.471. The average molecular weight is 332 g/mol. The summed E-state index contributed by atoms with van der Waals surface area (Å²) in [5.74, 6) is 0.808. The van der Waals surface area contributed by atoms with Gasteiger partial charge >= 0.3 is 0 Å². The molecule has 1 aromatic carbocycles. The molecule has 0 bridgehead atoms. The lowest BCUT2D eigenvalue weighted by Gasteiger charge is -2.21. The van der Waals surface area contributed by atoms with Crippen LogP contribution in [0.2, 0.25) is 0 Å². The van der Waals surface area contributed by atoms with Crippen LogP contribution in [-0.4, -0.2) is 52.0 Å². The molecule has 6 nitrogen and oxygen atoms in total. The van der Waals surface area contributed by atoms with E-state index in [4.69, 9.17) is 4.52 Å². The largest absolute Gasteiger partial charge is 0.338 e. The lowest BCUT2D eigenvalue weighted by Crippen LogP contribution is -2.35. The zero-order valence-electron chi connectivity index (χ0n) is 13.7. The van der Waals surface area contributed by atoms with Crippen molar-refractivity contribution in [3.63, 3.8) is 0 Å². The molecule has 1 aromatic heterocycles. The molecule has 0 atom stereocenters. The number of halogens is 1. The van der Waals surface area contributed by atoms with Crippen LogP contribution in [0.3, 0.4) is 0 Å². The van der Waals surface area contributed by atoms with Crippen LogP contribution in [0.5, 0.6) is 0 Å². The summed E-state index contributed by atoms with van der Waals surface area (Å²) in [6.45, 7) is 5.42. The number of aryl methyl sites for hydroxylation is 1. The molecule has 1 aliphatic rings. The van der Waals surface area contributed by atoms with Crippen molar-refractivity contribution in [2.45, 2.75) is 26.3 Å². The van der Waals surface area contributed by atoms with Gasteiger partial charge in [-0.2, -0.15) is 4.98 Å². The van der Waals surface area contributed by atoms with E-state index in [2.05, 4.69) is 15.0 Å². The monoisotopic (exact) mass is 332 g/mol. The SMILES string of the molecule is CCc1noc(CN2CCCN(C(=O)c3cccc(F)c3)CC2)n1. The summed E-state index contributed by atoms with van der Waals surface area (Å²) in [7, 11) is 0. The van der Waals surface area contributed by atoms with Crippen molar-refractivity contribution in [3.8, 4) is 0 Å². The van der Waals surface area contributed by atoms with E-state index in [-0.39, 0.29) is 11.7 Å². The molecule has 0 N–H and O–H groups in total. The van der Waals surface area contributed by atoms with E-state index in [9.17, 15) is 9.18 Å². The summed E-state index contributed by atoms with van der Waals surface area (Å²) in [6, 6.07) is 5.85. The first-order valence-corrected chi connectivity index (χ1v) is 8.24. The first kappa shape index (κ1) is 16.6. The predicted octanol–water partition coefficient (Wildman–Crippen LogP) is 2.12. The molecule has 128 valence electrons. The van der Waals surface area contributed by atoms with Crippen molar-refractivity contribution in [1.82, 2.24) is 19.9 Å². The number of carbonyl (C=O) groups is 1. The average Bonchev–Trinajstić information content (AvgIpc) is 2.91. The number of hydrogen-bond acceptors (Lipinski definition) is 5. The lowest BCUT2D eigenvalue weighted by atomic mass is 10.2. The summed E-state index contributed by atoms with van der Waals surface area (Å²) in [5.41, 5.74) is 0.396. The number of rotatable bonds is 4. The van der Waals surface area contributed by atoms with Crippen LogP contribution < -0.4 is 0 Å². The Balaban J connectivity index is 1.59. The van der Waals surface area contributed by atoms with E-state index in [0.717, 1.165) is 25.9 Å². The lowest BCUT2D eigenvalue weighted by molar-refractivity contribution is 0.0760. The van der Waals surface area contributed by atoms with E-state index < -0.39 is 0 Å². The molecule has 0 unspecified atom stereocenters. The van der Waals surface area contributed by atoms with Gasteiger partial charge in [-0.3, -0.25) is 9.69 Å². The van der Waals surface area contributed by atoms with Crippen LogP contribution in [0.15, 0.2) is 28.8 Å². The number of nitrogens with zero attached hydrogens (tertiary/aromatic N) is 4. The molecule has 1 aliphatic heterocycles. The quantitative estimate of drug-likeness (QED) is 0.858. The van der Waals surface area contributed by atoms with Gasteiger partial charge in [-0.25, -0.2) is 4.39 Å². The third-order valence-electron chi connectivity index (χ3n) is 4.13. The van der Waals surface area contributed by atoms with E-state index >= 15 is 0 Å². The van der Waals surface area contributed by atoms with Crippen molar-refractivity contribution in [2.24, 2.45) is 0 Å². The third kappa shape index (κ3) is 3.97. The molecule has 3 rings (SSSR count). The van der Waals surface area contributed by atoms with Gasteiger partial charge in [-0.15, -0.1) is 0 Å². The highest BCUT2D eigenvalue weighted by Crippen LogP contribution is 2.12. The van der Waals surface area contributed by atoms with Crippen molar-refractivity contribution in [2.75, 3.05) is 26.2 Å². The Morgan fingerprint density at radius 1 is 1.29 bits per heavy atom. The molecule has 1 fully saturated rings. The van der Waals surface area contributed by atoms with Gasteiger partial charge < -0.3 is 9.42 Å². The molecule has 0 saturated carbocycles. The van der Waals surface area contributed by atoms with E-state index in [1.165, 1.54) is 12.1 Å². The van der Waals surface area contributed by atoms with Crippen molar-refractivity contribution < 1.29 is 13.7 Å². The zero-order valence-corrected chi connectivity index (χ0v) is 13.7. The van der Waals surface area contributed by atoms with E-state index in [1.54, 1.807) is 17.0 Å². The predicted molar refractivity (Wildman–Crippen MR) is 85.9 cm³/mol.